The Bertz CT molecular complexity index is 1100. The first-order valence-electron chi connectivity index (χ1n) is 7.87. The second-order valence-corrected chi connectivity index (χ2v) is 5.80. The Hall–Kier alpha value is -3.47. The zero-order valence-corrected chi connectivity index (χ0v) is 14.1. The number of rotatable bonds is 4. The van der Waals surface area contributed by atoms with Crippen LogP contribution >= 0.6 is 0 Å². The molecule has 0 atom stereocenters. The van der Waals surface area contributed by atoms with Crippen LogP contribution in [0.3, 0.4) is 0 Å². The lowest BCUT2D eigenvalue weighted by Gasteiger charge is -2.11. The number of methoxy groups -OCH3 is 1. The third kappa shape index (κ3) is 3.87. The van der Waals surface area contributed by atoms with Crippen molar-refractivity contribution in [3.05, 3.63) is 69.5 Å². The van der Waals surface area contributed by atoms with Crippen molar-refractivity contribution in [3.63, 3.8) is 0 Å². The van der Waals surface area contributed by atoms with Crippen molar-refractivity contribution in [2.24, 2.45) is 0 Å². The summed E-state index contributed by atoms with van der Waals surface area (Å²) in [6.07, 6.45) is -4.46. The van der Waals surface area contributed by atoms with E-state index >= 15 is 0 Å². The molecule has 8 heteroatoms. The number of benzene rings is 2. The van der Waals surface area contributed by atoms with Gasteiger partial charge in [0.25, 0.3) is 5.56 Å². The number of halogens is 3. The maximum Gasteiger partial charge on any atom is 0.416 e. The van der Waals surface area contributed by atoms with E-state index in [4.69, 9.17) is 10.00 Å². The first-order valence-corrected chi connectivity index (χ1v) is 7.87. The number of hydrogen-bond acceptors (Lipinski definition) is 4. The summed E-state index contributed by atoms with van der Waals surface area (Å²) >= 11 is 0. The number of nitrogens with zero attached hydrogens (tertiary/aromatic N) is 1. The highest BCUT2D eigenvalue weighted by Crippen LogP contribution is 2.31. The number of ether oxygens (including phenoxy) is 1. The zero-order valence-electron chi connectivity index (χ0n) is 14.1. The van der Waals surface area contributed by atoms with Gasteiger partial charge in [-0.1, -0.05) is 0 Å². The minimum atomic E-state index is -4.46. The number of H-pyrrole nitrogens is 1. The van der Waals surface area contributed by atoms with Crippen LogP contribution in [0.25, 0.3) is 10.9 Å². The molecule has 0 aliphatic carbocycles. The zero-order chi connectivity index (χ0) is 19.6. The number of aromatic nitrogens is 1. The molecule has 0 unspecified atom stereocenters. The molecule has 3 aromatic rings. The van der Waals surface area contributed by atoms with Gasteiger partial charge in [0.15, 0.2) is 0 Å². The summed E-state index contributed by atoms with van der Waals surface area (Å²) in [5.41, 5.74) is 0.413. The van der Waals surface area contributed by atoms with Gasteiger partial charge in [0, 0.05) is 29.4 Å². The van der Waals surface area contributed by atoms with Crippen molar-refractivity contribution in [2.45, 2.75) is 12.7 Å². The van der Waals surface area contributed by atoms with Gasteiger partial charge in [-0.2, -0.15) is 18.4 Å². The molecule has 0 aliphatic heterocycles. The number of anilines is 1. The third-order valence-corrected chi connectivity index (χ3v) is 4.05. The fraction of sp³-hybridized carbons (Fsp3) is 0.158. The Kier molecular flexibility index (Phi) is 4.77. The predicted octanol–water partition coefficient (Wildman–Crippen LogP) is 4.04. The van der Waals surface area contributed by atoms with Crippen LogP contribution in [-0.2, 0) is 12.7 Å². The van der Waals surface area contributed by atoms with E-state index in [0.717, 1.165) is 12.1 Å². The van der Waals surface area contributed by atoms with Crippen LogP contribution in [0.15, 0.2) is 47.3 Å². The minimum Gasteiger partial charge on any atom is -0.495 e. The van der Waals surface area contributed by atoms with Gasteiger partial charge in [0.05, 0.1) is 18.2 Å². The molecular weight excluding hydrogens is 359 g/mol. The minimum absolute atomic E-state index is 0.0938. The average Bonchev–Trinajstić information content (AvgIpc) is 2.64. The van der Waals surface area contributed by atoms with Gasteiger partial charge >= 0.3 is 6.18 Å². The second-order valence-electron chi connectivity index (χ2n) is 5.80. The Morgan fingerprint density at radius 2 is 1.96 bits per heavy atom. The lowest BCUT2D eigenvalue weighted by atomic mass is 10.1. The summed E-state index contributed by atoms with van der Waals surface area (Å²) in [4.78, 5) is 14.8. The van der Waals surface area contributed by atoms with E-state index in [0.29, 0.717) is 27.9 Å². The fourth-order valence-electron chi connectivity index (χ4n) is 2.65. The Morgan fingerprint density at radius 3 is 2.63 bits per heavy atom. The van der Waals surface area contributed by atoms with E-state index in [-0.39, 0.29) is 12.1 Å². The van der Waals surface area contributed by atoms with E-state index in [9.17, 15) is 18.0 Å². The van der Waals surface area contributed by atoms with E-state index < -0.39 is 17.3 Å². The Morgan fingerprint density at radius 1 is 1.19 bits per heavy atom. The molecule has 138 valence electrons. The summed E-state index contributed by atoms with van der Waals surface area (Å²) in [5.74, 6) is 0.379. The smallest absolute Gasteiger partial charge is 0.416 e. The summed E-state index contributed by atoms with van der Waals surface area (Å²) in [5, 5.41) is 12.3. The van der Waals surface area contributed by atoms with Crippen LogP contribution in [0.2, 0.25) is 0 Å². The van der Waals surface area contributed by atoms with Gasteiger partial charge in [-0.3, -0.25) is 4.79 Å². The molecular formula is C19H14F3N3O2. The SMILES string of the molecule is COc1cc(NCc2cc3cc(C(F)(F)F)ccc3[nH]c2=O)ccc1C#N. The van der Waals surface area contributed by atoms with E-state index in [1.165, 1.54) is 19.2 Å². The highest BCUT2D eigenvalue weighted by Gasteiger charge is 2.30. The van der Waals surface area contributed by atoms with Crippen LogP contribution in [0.4, 0.5) is 18.9 Å². The van der Waals surface area contributed by atoms with Crippen molar-refractivity contribution < 1.29 is 17.9 Å². The van der Waals surface area contributed by atoms with E-state index in [1.54, 1.807) is 18.2 Å². The highest BCUT2D eigenvalue weighted by atomic mass is 19.4. The number of nitriles is 1. The van der Waals surface area contributed by atoms with Crippen LogP contribution in [-0.4, -0.2) is 12.1 Å². The highest BCUT2D eigenvalue weighted by molar-refractivity contribution is 5.80. The lowest BCUT2D eigenvalue weighted by molar-refractivity contribution is -0.137. The Balaban J connectivity index is 1.89. The van der Waals surface area contributed by atoms with Gasteiger partial charge in [-0.25, -0.2) is 0 Å². The second kappa shape index (κ2) is 7.03. The molecule has 1 heterocycles. The topological polar surface area (TPSA) is 77.9 Å². The number of fused-ring (bicyclic) bond motifs is 1. The molecule has 0 amide bonds. The molecule has 0 radical (unpaired) electrons. The van der Waals surface area contributed by atoms with Crippen molar-refractivity contribution >= 4 is 16.6 Å². The molecule has 0 aliphatic rings. The molecule has 2 N–H and O–H groups in total. The third-order valence-electron chi connectivity index (χ3n) is 4.05. The fourth-order valence-corrected chi connectivity index (χ4v) is 2.65. The number of alkyl halides is 3. The molecule has 5 nitrogen and oxygen atoms in total. The van der Waals surface area contributed by atoms with Crippen LogP contribution < -0.4 is 15.6 Å². The number of nitrogens with one attached hydrogen (secondary N) is 2. The maximum absolute atomic E-state index is 12.9. The quantitative estimate of drug-likeness (QED) is 0.724. The van der Waals surface area contributed by atoms with Crippen molar-refractivity contribution in [1.29, 1.82) is 5.26 Å². The largest absolute Gasteiger partial charge is 0.495 e. The molecule has 0 fully saturated rings. The van der Waals surface area contributed by atoms with Crippen molar-refractivity contribution in [1.82, 2.24) is 4.98 Å². The van der Waals surface area contributed by atoms with Crippen molar-refractivity contribution in [2.75, 3.05) is 12.4 Å². The molecule has 0 saturated carbocycles. The van der Waals surface area contributed by atoms with Gasteiger partial charge < -0.3 is 15.0 Å². The monoisotopic (exact) mass is 373 g/mol. The maximum atomic E-state index is 12.9. The number of hydrogen-bond donors (Lipinski definition) is 2. The van der Waals surface area contributed by atoms with Crippen LogP contribution in [0, 0.1) is 11.3 Å². The van der Waals surface area contributed by atoms with Gasteiger partial charge in [-0.15, -0.1) is 0 Å². The number of pyridine rings is 1. The molecule has 2 aromatic carbocycles. The first-order chi connectivity index (χ1) is 12.8. The van der Waals surface area contributed by atoms with Gasteiger partial charge in [0.2, 0.25) is 0 Å². The Labute approximate surface area is 152 Å². The van der Waals surface area contributed by atoms with Crippen LogP contribution in [0.1, 0.15) is 16.7 Å². The van der Waals surface area contributed by atoms with Gasteiger partial charge in [0.1, 0.15) is 11.8 Å². The van der Waals surface area contributed by atoms with E-state index in [2.05, 4.69) is 10.3 Å². The summed E-state index contributed by atoms with van der Waals surface area (Å²) < 4.78 is 43.8. The first kappa shape index (κ1) is 18.3. The predicted molar refractivity (Wildman–Crippen MR) is 94.6 cm³/mol. The molecule has 0 saturated heterocycles. The summed E-state index contributed by atoms with van der Waals surface area (Å²) in [7, 11) is 1.44. The molecule has 0 spiro atoms. The van der Waals surface area contributed by atoms with Gasteiger partial charge in [-0.05, 0) is 41.8 Å². The standard InChI is InChI=1S/C19H14F3N3O2/c1-27-17-8-15(4-2-11(17)9-23)24-10-13-6-12-7-14(19(20,21)22)3-5-16(12)25-18(13)26/h2-8,24H,10H2,1H3,(H,25,26). The summed E-state index contributed by atoms with van der Waals surface area (Å²) in [6.45, 7) is 0.0938. The average molecular weight is 373 g/mol. The molecule has 27 heavy (non-hydrogen) atoms. The van der Waals surface area contributed by atoms with Crippen LogP contribution in [0.5, 0.6) is 5.75 Å². The van der Waals surface area contributed by atoms with E-state index in [1.807, 2.05) is 6.07 Å². The normalized spacial score (nSPS) is 11.2. The molecule has 0 bridgehead atoms. The lowest BCUT2D eigenvalue weighted by Crippen LogP contribution is -2.16. The summed E-state index contributed by atoms with van der Waals surface area (Å²) in [6, 6.07) is 11.4. The molecule has 1 aromatic heterocycles. The number of aromatic amines is 1. The van der Waals surface area contributed by atoms with Crippen molar-refractivity contribution in [3.8, 4) is 11.8 Å². The molecule has 3 rings (SSSR count).